The summed E-state index contributed by atoms with van der Waals surface area (Å²) in [5.41, 5.74) is 1.94. The van der Waals surface area contributed by atoms with Crippen LogP contribution in [0.15, 0.2) is 11.6 Å². The summed E-state index contributed by atoms with van der Waals surface area (Å²) in [6.45, 7) is 13.4. The monoisotopic (exact) mass is 296 g/mol. The third kappa shape index (κ3) is 9.81. The third-order valence-electron chi connectivity index (χ3n) is 3.65. The Balaban J connectivity index is 0.000000342. The maximum Gasteiger partial charge on any atom is 0.0547 e. The summed E-state index contributed by atoms with van der Waals surface area (Å²) in [5, 5.41) is 10.8. The van der Waals surface area contributed by atoms with Gasteiger partial charge in [-0.1, -0.05) is 26.3 Å². The molecule has 3 heteroatoms. The topological polar surface area (TPSA) is 45.1 Å². The van der Waals surface area contributed by atoms with E-state index in [0.29, 0.717) is 12.0 Å². The molecular formula is C18H36N2O. The molecular weight excluding hydrogens is 260 g/mol. The number of nitrogens with one attached hydrogen (secondary N) is 2. The Morgan fingerprint density at radius 2 is 1.95 bits per heavy atom. The molecule has 2 aliphatic heterocycles. The molecule has 2 heterocycles. The summed E-state index contributed by atoms with van der Waals surface area (Å²) in [7, 11) is 0. The molecule has 2 rings (SSSR count). The molecule has 0 aromatic rings. The normalized spacial score (nSPS) is 25.3. The fourth-order valence-electron chi connectivity index (χ4n) is 2.58. The molecule has 0 amide bonds. The number of hydrogen-bond acceptors (Lipinski definition) is 3. The van der Waals surface area contributed by atoms with E-state index < -0.39 is 0 Å². The van der Waals surface area contributed by atoms with Crippen LogP contribution in [-0.4, -0.2) is 31.5 Å². The van der Waals surface area contributed by atoms with Crippen LogP contribution in [0.5, 0.6) is 0 Å². The molecule has 2 aliphatic rings. The van der Waals surface area contributed by atoms with Gasteiger partial charge in [-0.05, 0) is 64.5 Å². The van der Waals surface area contributed by atoms with Crippen molar-refractivity contribution in [3.05, 3.63) is 11.6 Å². The second kappa shape index (κ2) is 13.0. The molecule has 21 heavy (non-hydrogen) atoms. The van der Waals surface area contributed by atoms with Crippen LogP contribution >= 0.6 is 0 Å². The maximum atomic E-state index is 7.52. The zero-order valence-corrected chi connectivity index (χ0v) is 14.8. The van der Waals surface area contributed by atoms with Crippen LogP contribution in [0.25, 0.3) is 0 Å². The first-order valence-corrected chi connectivity index (χ1v) is 8.60. The molecule has 0 aromatic carbocycles. The lowest BCUT2D eigenvalue weighted by atomic mass is 9.95. The fourth-order valence-corrected chi connectivity index (χ4v) is 2.58. The van der Waals surface area contributed by atoms with Crippen LogP contribution < -0.4 is 5.32 Å². The zero-order chi connectivity index (χ0) is 16.1. The van der Waals surface area contributed by atoms with Crippen LogP contribution in [-0.2, 0) is 4.74 Å². The highest BCUT2D eigenvalue weighted by molar-refractivity contribution is 5.96. The van der Waals surface area contributed by atoms with Crippen LogP contribution in [0.1, 0.15) is 66.7 Å². The lowest BCUT2D eigenvalue weighted by Crippen LogP contribution is -2.14. The van der Waals surface area contributed by atoms with Crippen LogP contribution in [0.3, 0.4) is 0 Å². The molecule has 0 aliphatic carbocycles. The zero-order valence-electron chi connectivity index (χ0n) is 14.8. The summed E-state index contributed by atoms with van der Waals surface area (Å²) in [6, 6.07) is 0. The predicted molar refractivity (Wildman–Crippen MR) is 93.4 cm³/mol. The number of hydrogen-bond donors (Lipinski definition) is 2. The van der Waals surface area contributed by atoms with E-state index in [1.807, 2.05) is 13.8 Å². The molecule has 3 nitrogen and oxygen atoms in total. The molecule has 0 radical (unpaired) electrons. The molecule has 0 bridgehead atoms. The summed E-state index contributed by atoms with van der Waals surface area (Å²) >= 11 is 0. The van der Waals surface area contributed by atoms with E-state index in [1.165, 1.54) is 37.7 Å². The van der Waals surface area contributed by atoms with E-state index in [9.17, 15) is 0 Å². The van der Waals surface area contributed by atoms with Gasteiger partial charge in [0, 0.05) is 18.9 Å². The number of allylic oxidation sites excluding steroid dienone is 1. The Bertz CT molecular complexity index is 288. The summed E-state index contributed by atoms with van der Waals surface area (Å²) < 4.78 is 5.28. The van der Waals surface area contributed by atoms with Crippen molar-refractivity contribution in [2.45, 2.75) is 72.8 Å². The average molecular weight is 296 g/mol. The van der Waals surface area contributed by atoms with Gasteiger partial charge in [0.05, 0.1) is 6.10 Å². The number of ether oxygens (including phenoxy) is 1. The lowest BCUT2D eigenvalue weighted by Gasteiger charge is -2.17. The van der Waals surface area contributed by atoms with E-state index in [0.717, 1.165) is 25.4 Å². The second-order valence-corrected chi connectivity index (χ2v) is 5.94. The average Bonchev–Trinajstić information content (AvgIpc) is 2.95. The van der Waals surface area contributed by atoms with Crippen LogP contribution in [0, 0.1) is 11.3 Å². The predicted octanol–water partition coefficient (Wildman–Crippen LogP) is 4.57. The van der Waals surface area contributed by atoms with Gasteiger partial charge < -0.3 is 15.5 Å². The highest BCUT2D eigenvalue weighted by Gasteiger charge is 2.18. The summed E-state index contributed by atoms with van der Waals surface area (Å²) in [4.78, 5) is 0. The first-order chi connectivity index (χ1) is 10.1. The molecule has 2 saturated heterocycles. The molecule has 0 saturated carbocycles. The smallest absolute Gasteiger partial charge is 0.0547 e. The van der Waals surface area contributed by atoms with Crippen molar-refractivity contribution in [1.29, 1.82) is 5.41 Å². The van der Waals surface area contributed by atoms with E-state index in [2.05, 4.69) is 32.2 Å². The van der Waals surface area contributed by atoms with Gasteiger partial charge in [-0.3, -0.25) is 0 Å². The molecule has 0 aromatic heterocycles. The van der Waals surface area contributed by atoms with E-state index >= 15 is 0 Å². The van der Waals surface area contributed by atoms with Gasteiger partial charge in [0.1, 0.15) is 0 Å². The van der Waals surface area contributed by atoms with Crippen molar-refractivity contribution in [3.63, 3.8) is 0 Å². The van der Waals surface area contributed by atoms with Gasteiger partial charge in [-0.25, -0.2) is 0 Å². The Morgan fingerprint density at radius 1 is 1.29 bits per heavy atom. The molecule has 2 unspecified atom stereocenters. The van der Waals surface area contributed by atoms with Gasteiger partial charge in [0.15, 0.2) is 0 Å². The Morgan fingerprint density at radius 3 is 2.24 bits per heavy atom. The van der Waals surface area contributed by atoms with E-state index in [-0.39, 0.29) is 0 Å². The molecule has 0 spiro atoms. The summed E-state index contributed by atoms with van der Waals surface area (Å²) in [6.07, 6.45) is 8.94. The van der Waals surface area contributed by atoms with Crippen molar-refractivity contribution in [1.82, 2.24) is 5.32 Å². The van der Waals surface area contributed by atoms with Gasteiger partial charge in [0.25, 0.3) is 0 Å². The van der Waals surface area contributed by atoms with Crippen molar-refractivity contribution in [2.75, 3.05) is 19.7 Å². The SMILES string of the molecule is C/C=C(\C(C)=N)C1CCNC1.CC1CCCCO1.CCC. The molecule has 2 N–H and O–H groups in total. The third-order valence-corrected chi connectivity index (χ3v) is 3.65. The van der Waals surface area contributed by atoms with Gasteiger partial charge in [-0.15, -0.1) is 0 Å². The first kappa shape index (κ1) is 20.3. The molecule has 2 fully saturated rings. The second-order valence-electron chi connectivity index (χ2n) is 5.94. The summed E-state index contributed by atoms with van der Waals surface area (Å²) in [5.74, 6) is 0.595. The van der Waals surface area contributed by atoms with Crippen molar-refractivity contribution in [3.8, 4) is 0 Å². The van der Waals surface area contributed by atoms with Crippen molar-refractivity contribution in [2.24, 2.45) is 5.92 Å². The first-order valence-electron chi connectivity index (χ1n) is 8.60. The van der Waals surface area contributed by atoms with Crippen LogP contribution in [0.2, 0.25) is 0 Å². The van der Waals surface area contributed by atoms with Crippen molar-refractivity contribution < 1.29 is 4.74 Å². The lowest BCUT2D eigenvalue weighted by molar-refractivity contribution is 0.0285. The molecule has 2 atom stereocenters. The largest absolute Gasteiger partial charge is 0.379 e. The Hall–Kier alpha value is -0.670. The van der Waals surface area contributed by atoms with Gasteiger partial charge >= 0.3 is 0 Å². The standard InChI is InChI=1S/C9H16N2.C6H12O.C3H8/c1-3-9(7(2)10)8-4-5-11-6-8;1-6-4-2-3-5-7-6;1-3-2/h3,8,10-11H,4-6H2,1-2H3;6H,2-5H2,1H3;3H2,1-2H3/b9-3+,10-7?;;. The fraction of sp³-hybridized carbons (Fsp3) is 0.833. The van der Waals surface area contributed by atoms with E-state index in [4.69, 9.17) is 10.1 Å². The quantitative estimate of drug-likeness (QED) is 0.733. The Kier molecular flexibility index (Phi) is 12.6. The minimum absolute atomic E-state index is 0.536. The highest BCUT2D eigenvalue weighted by atomic mass is 16.5. The van der Waals surface area contributed by atoms with Crippen LogP contribution in [0.4, 0.5) is 0 Å². The van der Waals surface area contributed by atoms with Gasteiger partial charge in [0.2, 0.25) is 0 Å². The molecule has 124 valence electrons. The minimum Gasteiger partial charge on any atom is -0.379 e. The maximum absolute atomic E-state index is 7.52. The minimum atomic E-state index is 0.536. The van der Waals surface area contributed by atoms with Crippen molar-refractivity contribution >= 4 is 5.71 Å². The number of rotatable bonds is 2. The van der Waals surface area contributed by atoms with E-state index in [1.54, 1.807) is 0 Å². The van der Waals surface area contributed by atoms with Gasteiger partial charge in [-0.2, -0.15) is 0 Å². The highest BCUT2D eigenvalue weighted by Crippen LogP contribution is 2.18. The Labute approximate surface area is 132 Å².